The van der Waals surface area contributed by atoms with Gasteiger partial charge in [-0.25, -0.2) is 0 Å². The third-order valence-corrected chi connectivity index (χ3v) is 7.77. The van der Waals surface area contributed by atoms with Gasteiger partial charge in [0.2, 0.25) is 0 Å². The zero-order chi connectivity index (χ0) is 23.2. The van der Waals surface area contributed by atoms with Gasteiger partial charge in [0.15, 0.2) is 5.78 Å². The van der Waals surface area contributed by atoms with E-state index in [0.29, 0.717) is 12.1 Å². The maximum absolute atomic E-state index is 13.5. The molecule has 0 bridgehead atoms. The summed E-state index contributed by atoms with van der Waals surface area (Å²) in [6, 6.07) is 13.6. The standard InChI is InChI=1S/C27H35N3OS/c1-16(2)30(17(3)4)12-13-32-19-9-11-20-22(15-19)27(5,6)26-24(25(20)31)21-10-8-18(28-7)14-23(21)29-26/h8-11,14-17,28-29H,12-13H2,1-7H3. The number of hydrogen-bond acceptors (Lipinski definition) is 4. The molecule has 0 aliphatic heterocycles. The van der Waals surface area contributed by atoms with E-state index in [1.54, 1.807) is 0 Å². The predicted octanol–water partition coefficient (Wildman–Crippen LogP) is 6.29. The molecule has 0 unspecified atom stereocenters. The molecule has 0 fully saturated rings. The van der Waals surface area contributed by atoms with Crippen molar-refractivity contribution in [1.29, 1.82) is 0 Å². The Morgan fingerprint density at radius 2 is 1.78 bits per heavy atom. The molecule has 1 heterocycles. The lowest BCUT2D eigenvalue weighted by Crippen LogP contribution is -2.38. The van der Waals surface area contributed by atoms with Crippen molar-refractivity contribution < 1.29 is 4.79 Å². The van der Waals surface area contributed by atoms with Crippen molar-refractivity contribution in [3.8, 4) is 0 Å². The Hall–Kier alpha value is -2.24. The van der Waals surface area contributed by atoms with Gasteiger partial charge in [-0.2, -0.15) is 0 Å². The zero-order valence-corrected chi connectivity index (χ0v) is 21.1. The quantitative estimate of drug-likeness (QED) is 0.416. The van der Waals surface area contributed by atoms with Gasteiger partial charge in [0, 0.05) is 69.6 Å². The minimum absolute atomic E-state index is 0.125. The van der Waals surface area contributed by atoms with E-state index in [1.807, 2.05) is 30.9 Å². The smallest absolute Gasteiger partial charge is 0.195 e. The van der Waals surface area contributed by atoms with Crippen LogP contribution in [-0.4, -0.2) is 47.1 Å². The van der Waals surface area contributed by atoms with E-state index < -0.39 is 0 Å². The molecular weight excluding hydrogens is 414 g/mol. The fraction of sp³-hybridized carbons (Fsp3) is 0.444. The number of carbonyl (C=O) groups excluding carboxylic acids is 1. The van der Waals surface area contributed by atoms with Crippen LogP contribution in [0, 0.1) is 0 Å². The van der Waals surface area contributed by atoms with Crippen molar-refractivity contribution in [2.75, 3.05) is 24.7 Å². The van der Waals surface area contributed by atoms with Gasteiger partial charge in [-0.15, -0.1) is 11.8 Å². The summed E-state index contributed by atoms with van der Waals surface area (Å²) < 4.78 is 0. The van der Waals surface area contributed by atoms with E-state index in [0.717, 1.165) is 51.3 Å². The number of nitrogens with one attached hydrogen (secondary N) is 2. The highest BCUT2D eigenvalue weighted by Gasteiger charge is 2.39. The van der Waals surface area contributed by atoms with Crippen LogP contribution in [0.15, 0.2) is 41.3 Å². The molecule has 0 radical (unpaired) electrons. The van der Waals surface area contributed by atoms with E-state index in [9.17, 15) is 4.79 Å². The van der Waals surface area contributed by atoms with E-state index in [4.69, 9.17) is 0 Å². The highest BCUT2D eigenvalue weighted by Crippen LogP contribution is 2.44. The van der Waals surface area contributed by atoms with Crippen LogP contribution in [-0.2, 0) is 5.41 Å². The Morgan fingerprint density at radius 1 is 1.06 bits per heavy atom. The average molecular weight is 450 g/mol. The molecule has 2 N–H and O–H groups in total. The van der Waals surface area contributed by atoms with Gasteiger partial charge in [-0.05, 0) is 63.6 Å². The number of benzene rings is 2. The second-order valence-electron chi connectivity index (χ2n) is 9.82. The SMILES string of the molecule is CNc1ccc2c3c([nH]c2c1)C(C)(C)c1cc(SCCN(C(C)C)C(C)C)ccc1C3=O. The van der Waals surface area contributed by atoms with Gasteiger partial charge in [0.1, 0.15) is 0 Å². The Kier molecular flexibility index (Phi) is 6.17. The monoisotopic (exact) mass is 449 g/mol. The second kappa shape index (κ2) is 8.60. The molecule has 5 heteroatoms. The number of aromatic nitrogens is 1. The van der Waals surface area contributed by atoms with Crippen molar-refractivity contribution in [2.45, 2.75) is 63.9 Å². The first-order valence-electron chi connectivity index (χ1n) is 11.6. The number of carbonyl (C=O) groups is 1. The summed E-state index contributed by atoms with van der Waals surface area (Å²) in [6.07, 6.45) is 0. The normalized spacial score (nSPS) is 15.0. The van der Waals surface area contributed by atoms with Crippen LogP contribution >= 0.6 is 11.8 Å². The minimum atomic E-state index is -0.268. The third-order valence-electron chi connectivity index (χ3n) is 6.79. The third kappa shape index (κ3) is 3.86. The lowest BCUT2D eigenvalue weighted by molar-refractivity contribution is 0.103. The number of ketones is 1. The minimum Gasteiger partial charge on any atom is -0.388 e. The van der Waals surface area contributed by atoms with Gasteiger partial charge in [0.25, 0.3) is 0 Å². The molecule has 1 aromatic heterocycles. The zero-order valence-electron chi connectivity index (χ0n) is 20.3. The molecule has 0 saturated carbocycles. The molecule has 4 rings (SSSR count). The Morgan fingerprint density at radius 3 is 2.44 bits per heavy atom. The van der Waals surface area contributed by atoms with Crippen molar-refractivity contribution in [3.63, 3.8) is 0 Å². The van der Waals surface area contributed by atoms with Crippen molar-refractivity contribution in [2.24, 2.45) is 0 Å². The summed E-state index contributed by atoms with van der Waals surface area (Å²) in [6.45, 7) is 14.5. The van der Waals surface area contributed by atoms with Crippen LogP contribution in [0.2, 0.25) is 0 Å². The largest absolute Gasteiger partial charge is 0.388 e. The van der Waals surface area contributed by atoms with Gasteiger partial charge in [-0.1, -0.05) is 19.9 Å². The Balaban J connectivity index is 1.66. The summed E-state index contributed by atoms with van der Waals surface area (Å²) in [4.78, 5) is 20.9. The number of H-pyrrole nitrogens is 1. The topological polar surface area (TPSA) is 48.1 Å². The van der Waals surface area contributed by atoms with E-state index >= 15 is 0 Å². The number of fused-ring (bicyclic) bond motifs is 4. The summed E-state index contributed by atoms with van der Waals surface area (Å²) in [5.41, 5.74) is 5.57. The average Bonchev–Trinajstić information content (AvgIpc) is 3.14. The molecule has 0 spiro atoms. The van der Waals surface area contributed by atoms with E-state index in [-0.39, 0.29) is 11.2 Å². The van der Waals surface area contributed by atoms with Crippen LogP contribution in [0.4, 0.5) is 5.69 Å². The maximum Gasteiger partial charge on any atom is 0.195 e. The molecule has 3 aromatic rings. The van der Waals surface area contributed by atoms with Crippen LogP contribution in [0.1, 0.15) is 68.7 Å². The summed E-state index contributed by atoms with van der Waals surface area (Å²) >= 11 is 1.88. The first-order valence-corrected chi connectivity index (χ1v) is 12.6. The lowest BCUT2D eigenvalue weighted by atomic mass is 9.71. The van der Waals surface area contributed by atoms with Crippen LogP contribution in [0.25, 0.3) is 10.9 Å². The number of hydrogen-bond donors (Lipinski definition) is 2. The fourth-order valence-electron chi connectivity index (χ4n) is 5.04. The summed E-state index contributed by atoms with van der Waals surface area (Å²) in [5, 5.41) is 4.19. The number of rotatable bonds is 7. The highest BCUT2D eigenvalue weighted by atomic mass is 32.2. The molecule has 0 saturated heterocycles. The molecule has 32 heavy (non-hydrogen) atoms. The molecule has 1 aliphatic carbocycles. The van der Waals surface area contributed by atoms with Gasteiger partial charge < -0.3 is 10.3 Å². The summed E-state index contributed by atoms with van der Waals surface area (Å²) in [5.74, 6) is 1.16. The lowest BCUT2D eigenvalue weighted by Gasteiger charge is -2.32. The van der Waals surface area contributed by atoms with Crippen LogP contribution < -0.4 is 5.32 Å². The molecular formula is C27H35N3OS. The number of anilines is 1. The second-order valence-corrected chi connectivity index (χ2v) is 11.0. The van der Waals surface area contributed by atoms with Crippen LogP contribution in [0.5, 0.6) is 0 Å². The van der Waals surface area contributed by atoms with Crippen LogP contribution in [0.3, 0.4) is 0 Å². The van der Waals surface area contributed by atoms with E-state index in [1.165, 1.54) is 4.90 Å². The maximum atomic E-state index is 13.5. The Bertz CT molecular complexity index is 1150. The molecule has 170 valence electrons. The van der Waals surface area contributed by atoms with Gasteiger partial charge in [-0.3, -0.25) is 9.69 Å². The molecule has 2 aromatic carbocycles. The molecule has 0 atom stereocenters. The highest BCUT2D eigenvalue weighted by molar-refractivity contribution is 7.99. The van der Waals surface area contributed by atoms with Crippen molar-refractivity contribution >= 4 is 34.1 Å². The van der Waals surface area contributed by atoms with Gasteiger partial charge >= 0.3 is 0 Å². The fourth-order valence-corrected chi connectivity index (χ4v) is 5.94. The Labute approximate surface area is 196 Å². The number of aromatic amines is 1. The molecule has 0 amide bonds. The van der Waals surface area contributed by atoms with E-state index in [2.05, 4.69) is 81.0 Å². The molecule has 4 nitrogen and oxygen atoms in total. The summed E-state index contributed by atoms with van der Waals surface area (Å²) in [7, 11) is 1.91. The van der Waals surface area contributed by atoms with Crippen molar-refractivity contribution in [1.82, 2.24) is 9.88 Å². The predicted molar refractivity (Wildman–Crippen MR) is 138 cm³/mol. The van der Waals surface area contributed by atoms with Crippen molar-refractivity contribution in [3.05, 3.63) is 58.8 Å². The first kappa shape index (κ1) is 22.9. The number of thioether (sulfide) groups is 1. The van der Waals surface area contributed by atoms with Gasteiger partial charge in [0.05, 0.1) is 5.56 Å². The molecule has 1 aliphatic rings. The first-order chi connectivity index (χ1) is 15.1. The number of nitrogens with zero attached hydrogens (tertiary/aromatic N) is 1.